The van der Waals surface area contributed by atoms with Crippen molar-refractivity contribution in [3.8, 4) is 0 Å². The zero-order chi connectivity index (χ0) is 20.4. The molecule has 1 saturated heterocycles. The Bertz CT molecular complexity index is 635. The number of carbonyl (C=O) groups excluding carboxylic acids is 1. The highest BCUT2D eigenvalue weighted by Crippen LogP contribution is 2.17. The van der Waals surface area contributed by atoms with Crippen molar-refractivity contribution in [3.05, 3.63) is 35.9 Å². The molecule has 1 aliphatic rings. The van der Waals surface area contributed by atoms with E-state index in [1.807, 2.05) is 39.0 Å². The number of aliphatic imine (C=N–C) groups is 1. The Morgan fingerprint density at radius 1 is 1.21 bits per heavy atom. The van der Waals surface area contributed by atoms with E-state index in [-0.39, 0.29) is 24.0 Å². The van der Waals surface area contributed by atoms with Gasteiger partial charge in [-0.1, -0.05) is 30.3 Å². The number of guanidine groups is 1. The Hall–Kier alpha value is -1.55. The van der Waals surface area contributed by atoms with Gasteiger partial charge in [-0.2, -0.15) is 0 Å². The van der Waals surface area contributed by atoms with E-state index in [1.54, 1.807) is 7.05 Å². The van der Waals surface area contributed by atoms with E-state index in [2.05, 4.69) is 32.7 Å². The molecule has 1 aliphatic heterocycles. The highest BCUT2D eigenvalue weighted by molar-refractivity contribution is 14.0. The lowest BCUT2D eigenvalue weighted by molar-refractivity contribution is 0.0528. The van der Waals surface area contributed by atoms with Crippen LogP contribution in [0, 0.1) is 5.92 Å². The first kappa shape index (κ1) is 25.5. The van der Waals surface area contributed by atoms with Crippen LogP contribution in [0.1, 0.15) is 32.8 Å². The van der Waals surface area contributed by atoms with E-state index in [0.717, 1.165) is 32.1 Å². The molecule has 1 aromatic carbocycles. The molecule has 0 spiro atoms. The van der Waals surface area contributed by atoms with Gasteiger partial charge in [-0.25, -0.2) is 4.79 Å². The second-order valence-electron chi connectivity index (χ2n) is 8.00. The molecule has 0 radical (unpaired) electrons. The molecule has 2 N–H and O–H groups in total. The van der Waals surface area contributed by atoms with Crippen LogP contribution < -0.4 is 10.6 Å². The van der Waals surface area contributed by atoms with Crippen LogP contribution in [0.5, 0.6) is 0 Å². The zero-order valence-corrected chi connectivity index (χ0v) is 20.3. The van der Waals surface area contributed by atoms with Crippen molar-refractivity contribution in [1.82, 2.24) is 15.5 Å². The molecule has 164 valence electrons. The molecule has 0 saturated carbocycles. The Balaban J connectivity index is 0.00000420. The molecule has 0 aliphatic carbocycles. The van der Waals surface area contributed by atoms with Crippen molar-refractivity contribution in [2.24, 2.45) is 10.9 Å². The lowest BCUT2D eigenvalue weighted by atomic mass is 10.1. The van der Waals surface area contributed by atoms with Gasteiger partial charge in [0.15, 0.2) is 5.96 Å². The fraction of sp³-hybridized carbons (Fsp3) is 0.619. The molecule has 1 fully saturated rings. The first-order chi connectivity index (χ1) is 13.4. The van der Waals surface area contributed by atoms with E-state index >= 15 is 0 Å². The highest BCUT2D eigenvalue weighted by atomic mass is 127. The van der Waals surface area contributed by atoms with E-state index in [9.17, 15) is 4.79 Å². The third-order valence-electron chi connectivity index (χ3n) is 4.34. The number of likely N-dealkylation sites (tertiary alicyclic amines) is 1. The van der Waals surface area contributed by atoms with Crippen molar-refractivity contribution < 1.29 is 14.3 Å². The minimum atomic E-state index is -0.485. The summed E-state index contributed by atoms with van der Waals surface area (Å²) >= 11 is 0. The smallest absolute Gasteiger partial charge is 0.407 e. The molecule has 29 heavy (non-hydrogen) atoms. The summed E-state index contributed by atoms with van der Waals surface area (Å²) in [6.07, 6.45) is 0.687. The third-order valence-corrected chi connectivity index (χ3v) is 4.34. The van der Waals surface area contributed by atoms with E-state index < -0.39 is 11.7 Å². The molecule has 2 rings (SSSR count). The summed E-state index contributed by atoms with van der Waals surface area (Å²) in [5.41, 5.74) is 0.716. The van der Waals surface area contributed by atoms with Crippen LogP contribution in [0.15, 0.2) is 35.3 Å². The van der Waals surface area contributed by atoms with Crippen LogP contribution in [-0.4, -0.2) is 62.4 Å². The van der Waals surface area contributed by atoms with Crippen LogP contribution in [0.4, 0.5) is 4.79 Å². The first-order valence-corrected chi connectivity index (χ1v) is 9.91. The fourth-order valence-corrected chi connectivity index (χ4v) is 3.06. The molecular formula is C21H35IN4O3. The number of amides is 1. The minimum Gasteiger partial charge on any atom is -0.444 e. The van der Waals surface area contributed by atoms with Crippen LogP contribution in [-0.2, 0) is 16.1 Å². The number of hydrogen-bond acceptors (Lipinski definition) is 4. The van der Waals surface area contributed by atoms with E-state index in [0.29, 0.717) is 25.6 Å². The number of hydrogen-bond donors (Lipinski definition) is 2. The maximum atomic E-state index is 11.7. The van der Waals surface area contributed by atoms with Gasteiger partial charge in [0, 0.05) is 39.1 Å². The predicted molar refractivity (Wildman–Crippen MR) is 127 cm³/mol. The standard InChI is InChI=1S/C21H34N4O3.HI/c1-21(2,3)28-20(26)24-12-11-23-19(22-4)25-13-10-18(14-25)16-27-15-17-8-6-5-7-9-17;/h5-9,18H,10-16H2,1-4H3,(H,22,23)(H,24,26);1H. The maximum Gasteiger partial charge on any atom is 0.407 e. The van der Waals surface area contributed by atoms with Gasteiger partial charge < -0.3 is 25.0 Å². The number of carbonyl (C=O) groups is 1. The lowest BCUT2D eigenvalue weighted by Gasteiger charge is -2.22. The molecule has 1 aromatic rings. The van der Waals surface area contributed by atoms with Gasteiger partial charge in [0.2, 0.25) is 0 Å². The number of nitrogens with one attached hydrogen (secondary N) is 2. The monoisotopic (exact) mass is 518 g/mol. The topological polar surface area (TPSA) is 75.2 Å². The quantitative estimate of drug-likeness (QED) is 0.251. The average molecular weight is 518 g/mol. The average Bonchev–Trinajstić information content (AvgIpc) is 3.10. The summed E-state index contributed by atoms with van der Waals surface area (Å²) in [7, 11) is 1.78. The van der Waals surface area contributed by atoms with Crippen molar-refractivity contribution in [2.75, 3.05) is 39.8 Å². The number of ether oxygens (including phenoxy) is 2. The zero-order valence-electron chi connectivity index (χ0n) is 17.9. The van der Waals surface area contributed by atoms with Crippen LogP contribution in [0.3, 0.4) is 0 Å². The summed E-state index contributed by atoms with van der Waals surface area (Å²) in [5, 5.41) is 6.04. The number of benzene rings is 1. The summed E-state index contributed by atoms with van der Waals surface area (Å²) in [6, 6.07) is 10.2. The van der Waals surface area contributed by atoms with E-state index in [1.165, 1.54) is 5.56 Å². The van der Waals surface area contributed by atoms with Crippen molar-refractivity contribution in [3.63, 3.8) is 0 Å². The molecule has 8 heteroatoms. The minimum absolute atomic E-state index is 0. The molecular weight excluding hydrogens is 483 g/mol. The Morgan fingerprint density at radius 2 is 1.90 bits per heavy atom. The maximum absolute atomic E-state index is 11.7. The summed E-state index contributed by atoms with van der Waals surface area (Å²) < 4.78 is 11.1. The SMILES string of the molecule is CN=C(NCCNC(=O)OC(C)(C)C)N1CCC(COCc2ccccc2)C1.I. The van der Waals surface area contributed by atoms with Gasteiger partial charge in [-0.3, -0.25) is 4.99 Å². The molecule has 1 unspecified atom stereocenters. The molecule has 0 bridgehead atoms. The Morgan fingerprint density at radius 3 is 2.55 bits per heavy atom. The van der Waals surface area contributed by atoms with E-state index in [4.69, 9.17) is 9.47 Å². The number of halogens is 1. The van der Waals surface area contributed by atoms with Gasteiger partial charge in [-0.05, 0) is 32.8 Å². The highest BCUT2D eigenvalue weighted by Gasteiger charge is 2.25. The second kappa shape index (κ2) is 12.9. The van der Waals surface area contributed by atoms with Crippen molar-refractivity contribution in [1.29, 1.82) is 0 Å². The fourth-order valence-electron chi connectivity index (χ4n) is 3.06. The molecule has 0 aromatic heterocycles. The third kappa shape index (κ3) is 10.2. The molecule has 1 amide bonds. The van der Waals surface area contributed by atoms with Gasteiger partial charge in [-0.15, -0.1) is 24.0 Å². The van der Waals surface area contributed by atoms with Gasteiger partial charge >= 0.3 is 6.09 Å². The Kier molecular flexibility index (Phi) is 11.3. The number of alkyl carbamates (subject to hydrolysis) is 1. The molecule has 7 nitrogen and oxygen atoms in total. The lowest BCUT2D eigenvalue weighted by Crippen LogP contribution is -2.44. The van der Waals surface area contributed by atoms with Crippen molar-refractivity contribution >= 4 is 36.0 Å². The molecule has 1 atom stereocenters. The number of nitrogens with zero attached hydrogens (tertiary/aromatic N) is 2. The normalized spacial score (nSPS) is 16.9. The van der Waals surface area contributed by atoms with Crippen LogP contribution >= 0.6 is 24.0 Å². The van der Waals surface area contributed by atoms with Gasteiger partial charge in [0.1, 0.15) is 5.60 Å². The van der Waals surface area contributed by atoms with Gasteiger partial charge in [0.25, 0.3) is 0 Å². The predicted octanol–water partition coefficient (Wildman–Crippen LogP) is 3.24. The summed E-state index contributed by atoms with van der Waals surface area (Å²) in [6.45, 7) is 9.90. The first-order valence-electron chi connectivity index (χ1n) is 9.91. The summed E-state index contributed by atoms with van der Waals surface area (Å²) in [5.74, 6) is 1.36. The Labute approximate surface area is 191 Å². The van der Waals surface area contributed by atoms with Crippen LogP contribution in [0.2, 0.25) is 0 Å². The molecule has 1 heterocycles. The van der Waals surface area contributed by atoms with Crippen LogP contribution in [0.25, 0.3) is 0 Å². The number of rotatable bonds is 7. The second-order valence-corrected chi connectivity index (χ2v) is 8.00. The summed E-state index contributed by atoms with van der Waals surface area (Å²) in [4.78, 5) is 18.3. The van der Waals surface area contributed by atoms with Crippen molar-refractivity contribution in [2.45, 2.75) is 39.4 Å². The van der Waals surface area contributed by atoms with Gasteiger partial charge in [0.05, 0.1) is 13.2 Å². The largest absolute Gasteiger partial charge is 0.444 e.